The molecule has 0 saturated heterocycles. The van der Waals surface area contributed by atoms with Crippen LogP contribution in [-0.2, 0) is 21.4 Å². The Bertz CT molecular complexity index is 1210. The van der Waals surface area contributed by atoms with E-state index < -0.39 is 10.0 Å². The first-order chi connectivity index (χ1) is 16.3. The molecule has 34 heavy (non-hydrogen) atoms. The van der Waals surface area contributed by atoms with Crippen LogP contribution in [0, 0.1) is 0 Å². The average molecular weight is 547 g/mol. The van der Waals surface area contributed by atoms with Gasteiger partial charge in [0, 0.05) is 23.6 Å². The minimum absolute atomic E-state index is 0.0877. The van der Waals surface area contributed by atoms with Crippen LogP contribution in [-0.4, -0.2) is 46.5 Å². The molecule has 0 N–H and O–H groups in total. The number of ether oxygens (including phenoxy) is 2. The molecular formula is C25H27BrN2O5S. The quantitative estimate of drug-likeness (QED) is 0.368. The van der Waals surface area contributed by atoms with E-state index in [0.717, 1.165) is 14.3 Å². The van der Waals surface area contributed by atoms with Gasteiger partial charge in [-0.25, -0.2) is 8.42 Å². The van der Waals surface area contributed by atoms with Crippen LogP contribution < -0.4 is 13.8 Å². The Morgan fingerprint density at radius 2 is 1.62 bits per heavy atom. The van der Waals surface area contributed by atoms with Crippen LogP contribution in [0.15, 0.2) is 82.2 Å². The molecule has 0 aliphatic rings. The van der Waals surface area contributed by atoms with Gasteiger partial charge in [-0.15, -0.1) is 0 Å². The number of para-hydroxylation sites is 1. The van der Waals surface area contributed by atoms with Crippen LogP contribution in [0.1, 0.15) is 12.5 Å². The third-order valence-corrected chi connectivity index (χ3v) is 7.46. The SMILES string of the molecule is CCOc1ccc(N(CC(=O)N(C)Cc2ccccc2OC)S(=O)(=O)c2ccc(Br)cc2)cc1. The van der Waals surface area contributed by atoms with Crippen molar-refractivity contribution in [3.63, 3.8) is 0 Å². The van der Waals surface area contributed by atoms with E-state index in [4.69, 9.17) is 9.47 Å². The van der Waals surface area contributed by atoms with Crippen LogP contribution in [0.4, 0.5) is 5.69 Å². The van der Waals surface area contributed by atoms with Crippen molar-refractivity contribution in [1.82, 2.24) is 4.90 Å². The van der Waals surface area contributed by atoms with E-state index in [2.05, 4.69) is 15.9 Å². The molecule has 180 valence electrons. The summed E-state index contributed by atoms with van der Waals surface area (Å²) in [5.41, 5.74) is 1.19. The van der Waals surface area contributed by atoms with Gasteiger partial charge in [-0.2, -0.15) is 0 Å². The Morgan fingerprint density at radius 1 is 0.971 bits per heavy atom. The van der Waals surface area contributed by atoms with Crippen LogP contribution in [0.5, 0.6) is 11.5 Å². The Kier molecular flexibility index (Phi) is 8.57. The maximum Gasteiger partial charge on any atom is 0.264 e. The van der Waals surface area contributed by atoms with Gasteiger partial charge in [0.2, 0.25) is 5.91 Å². The van der Waals surface area contributed by atoms with Crippen molar-refractivity contribution < 1.29 is 22.7 Å². The second-order valence-corrected chi connectivity index (χ2v) is 10.2. The lowest BCUT2D eigenvalue weighted by molar-refractivity contribution is -0.128. The molecule has 0 atom stereocenters. The number of amides is 1. The van der Waals surface area contributed by atoms with Gasteiger partial charge >= 0.3 is 0 Å². The molecule has 0 aromatic heterocycles. The number of carbonyl (C=O) groups is 1. The molecule has 7 nitrogen and oxygen atoms in total. The first-order valence-electron chi connectivity index (χ1n) is 10.6. The molecule has 3 aromatic carbocycles. The van der Waals surface area contributed by atoms with Gasteiger partial charge in [0.25, 0.3) is 10.0 Å². The van der Waals surface area contributed by atoms with Gasteiger partial charge in [0.05, 0.1) is 24.3 Å². The molecule has 0 spiro atoms. The number of sulfonamides is 1. The molecule has 1 amide bonds. The molecular weight excluding hydrogens is 520 g/mol. The zero-order valence-electron chi connectivity index (χ0n) is 19.3. The van der Waals surface area contributed by atoms with Crippen LogP contribution in [0.25, 0.3) is 0 Å². The number of hydrogen-bond donors (Lipinski definition) is 0. The third kappa shape index (κ3) is 6.09. The smallest absolute Gasteiger partial charge is 0.264 e. The second kappa shape index (κ2) is 11.4. The molecule has 9 heteroatoms. The Hall–Kier alpha value is -3.04. The number of likely N-dealkylation sites (N-methyl/N-ethyl adjacent to an activating group) is 1. The summed E-state index contributed by atoms with van der Waals surface area (Å²) in [6.45, 7) is 2.28. The fourth-order valence-electron chi connectivity index (χ4n) is 3.34. The first-order valence-corrected chi connectivity index (χ1v) is 12.9. The molecule has 0 aliphatic carbocycles. The minimum Gasteiger partial charge on any atom is -0.496 e. The maximum absolute atomic E-state index is 13.6. The summed E-state index contributed by atoms with van der Waals surface area (Å²) >= 11 is 3.33. The van der Waals surface area contributed by atoms with Gasteiger partial charge in [-0.05, 0) is 61.5 Å². The topological polar surface area (TPSA) is 76.2 Å². The van der Waals surface area contributed by atoms with Gasteiger partial charge in [0.15, 0.2) is 0 Å². The number of nitrogens with zero attached hydrogens (tertiary/aromatic N) is 2. The number of hydrogen-bond acceptors (Lipinski definition) is 5. The number of carbonyl (C=O) groups excluding carboxylic acids is 1. The first kappa shape index (κ1) is 25.6. The lowest BCUT2D eigenvalue weighted by atomic mass is 10.2. The van der Waals surface area contributed by atoms with Crippen molar-refractivity contribution in [2.75, 3.05) is 31.6 Å². The average Bonchev–Trinajstić information content (AvgIpc) is 2.83. The summed E-state index contributed by atoms with van der Waals surface area (Å²) in [5, 5.41) is 0. The number of benzene rings is 3. The molecule has 0 unspecified atom stereocenters. The Balaban J connectivity index is 1.91. The molecule has 0 heterocycles. The van der Waals surface area contributed by atoms with Gasteiger partial charge < -0.3 is 14.4 Å². The highest BCUT2D eigenvalue weighted by atomic mass is 79.9. The Morgan fingerprint density at radius 3 is 2.24 bits per heavy atom. The van der Waals surface area contributed by atoms with E-state index in [-0.39, 0.29) is 23.9 Å². The largest absolute Gasteiger partial charge is 0.496 e. The summed E-state index contributed by atoms with van der Waals surface area (Å²) in [6.07, 6.45) is 0. The van der Waals surface area contributed by atoms with Crippen molar-refractivity contribution in [3.05, 3.63) is 82.8 Å². The number of rotatable bonds is 10. The maximum atomic E-state index is 13.6. The minimum atomic E-state index is -4.01. The summed E-state index contributed by atoms with van der Waals surface area (Å²) in [7, 11) is -0.806. The highest BCUT2D eigenvalue weighted by Crippen LogP contribution is 2.27. The van der Waals surface area contributed by atoms with E-state index in [1.54, 1.807) is 50.6 Å². The van der Waals surface area contributed by atoms with Crippen molar-refractivity contribution in [3.8, 4) is 11.5 Å². The number of anilines is 1. The van der Waals surface area contributed by atoms with Gasteiger partial charge in [-0.3, -0.25) is 9.10 Å². The van der Waals surface area contributed by atoms with Crippen molar-refractivity contribution in [1.29, 1.82) is 0 Å². The predicted octanol–water partition coefficient (Wildman–Crippen LogP) is 4.71. The van der Waals surface area contributed by atoms with E-state index in [0.29, 0.717) is 23.8 Å². The summed E-state index contributed by atoms with van der Waals surface area (Å²) in [5.74, 6) is 0.917. The fourth-order valence-corrected chi connectivity index (χ4v) is 5.02. The molecule has 0 aliphatic heterocycles. The summed E-state index contributed by atoms with van der Waals surface area (Å²) < 4.78 is 39.8. The third-order valence-electron chi connectivity index (χ3n) is 5.14. The predicted molar refractivity (Wildman–Crippen MR) is 136 cm³/mol. The molecule has 0 fully saturated rings. The zero-order chi connectivity index (χ0) is 24.7. The lowest BCUT2D eigenvalue weighted by Crippen LogP contribution is -2.41. The normalized spacial score (nSPS) is 11.1. The molecule has 0 saturated carbocycles. The zero-order valence-corrected chi connectivity index (χ0v) is 21.7. The standard InChI is InChI=1S/C25H27BrN2O5S/c1-4-33-22-13-11-21(12-14-22)28(34(30,31)23-15-9-20(26)10-16-23)18-25(29)27(2)17-19-7-5-6-8-24(19)32-3/h5-16H,4,17-18H2,1-3H3. The van der Waals surface area contributed by atoms with Crippen molar-refractivity contribution in [2.45, 2.75) is 18.4 Å². The van der Waals surface area contributed by atoms with E-state index in [1.807, 2.05) is 31.2 Å². The van der Waals surface area contributed by atoms with Crippen molar-refractivity contribution >= 4 is 37.5 Å². The highest BCUT2D eigenvalue weighted by Gasteiger charge is 2.28. The monoisotopic (exact) mass is 546 g/mol. The van der Waals surface area contributed by atoms with Crippen molar-refractivity contribution in [2.24, 2.45) is 0 Å². The lowest BCUT2D eigenvalue weighted by Gasteiger charge is -2.27. The number of methoxy groups -OCH3 is 1. The van der Waals surface area contributed by atoms with Gasteiger partial charge in [-0.1, -0.05) is 34.1 Å². The number of halogens is 1. The van der Waals surface area contributed by atoms with E-state index in [9.17, 15) is 13.2 Å². The van der Waals surface area contributed by atoms with Crippen LogP contribution in [0.2, 0.25) is 0 Å². The molecule has 0 bridgehead atoms. The second-order valence-electron chi connectivity index (χ2n) is 7.45. The van der Waals surface area contributed by atoms with E-state index in [1.165, 1.54) is 17.0 Å². The highest BCUT2D eigenvalue weighted by molar-refractivity contribution is 9.10. The summed E-state index contributed by atoms with van der Waals surface area (Å²) in [4.78, 5) is 14.7. The summed E-state index contributed by atoms with van der Waals surface area (Å²) in [6, 6.07) is 20.3. The Labute approximate surface area is 209 Å². The fraction of sp³-hybridized carbons (Fsp3) is 0.240. The molecule has 0 radical (unpaired) electrons. The van der Waals surface area contributed by atoms with Gasteiger partial charge in [0.1, 0.15) is 18.0 Å². The molecule has 3 aromatic rings. The van der Waals surface area contributed by atoms with E-state index >= 15 is 0 Å². The van der Waals surface area contributed by atoms with Crippen LogP contribution in [0.3, 0.4) is 0 Å². The van der Waals surface area contributed by atoms with Crippen LogP contribution >= 0.6 is 15.9 Å². The molecule has 3 rings (SSSR count).